The van der Waals surface area contributed by atoms with Crippen LogP contribution < -0.4 is 16.6 Å². The summed E-state index contributed by atoms with van der Waals surface area (Å²) in [6.07, 6.45) is 3.03. The molecule has 4 N–H and O–H groups in total. The molecule has 2 aromatic rings. The van der Waals surface area contributed by atoms with Gasteiger partial charge in [-0.25, -0.2) is 15.8 Å². The van der Waals surface area contributed by atoms with E-state index < -0.39 is 0 Å². The van der Waals surface area contributed by atoms with Crippen molar-refractivity contribution in [1.29, 1.82) is 0 Å². The maximum absolute atomic E-state index is 11.9. The van der Waals surface area contributed by atoms with Crippen molar-refractivity contribution in [2.24, 2.45) is 5.84 Å². The number of rotatable bonds is 3. The number of hydrazine groups is 1. The molecule has 0 bridgehead atoms. The minimum absolute atomic E-state index is 0.287. The van der Waals surface area contributed by atoms with Crippen molar-refractivity contribution in [3.63, 3.8) is 0 Å². The van der Waals surface area contributed by atoms with Gasteiger partial charge in [0.05, 0.1) is 10.0 Å². The summed E-state index contributed by atoms with van der Waals surface area (Å²) in [6.45, 7) is 0. The van der Waals surface area contributed by atoms with E-state index in [-0.39, 0.29) is 5.91 Å². The molecule has 0 aliphatic carbocycles. The van der Waals surface area contributed by atoms with Gasteiger partial charge < -0.3 is 10.7 Å². The van der Waals surface area contributed by atoms with Crippen LogP contribution in [0.3, 0.4) is 0 Å². The molecule has 0 unspecified atom stereocenters. The molecule has 0 fully saturated rings. The lowest BCUT2D eigenvalue weighted by Crippen LogP contribution is -2.14. The summed E-state index contributed by atoms with van der Waals surface area (Å²) in [5.74, 6) is 5.86. The first-order chi connectivity index (χ1) is 8.70. The SMILES string of the molecule is NNc1ccc(C(=O)Nc2ncccc2Br)cn1. The van der Waals surface area contributed by atoms with Gasteiger partial charge in [-0.1, -0.05) is 0 Å². The number of halogens is 1. The third-order valence-corrected chi connectivity index (χ3v) is 2.80. The van der Waals surface area contributed by atoms with E-state index in [0.717, 1.165) is 0 Å². The Balaban J connectivity index is 2.14. The third kappa shape index (κ3) is 2.82. The summed E-state index contributed by atoms with van der Waals surface area (Å²) in [7, 11) is 0. The van der Waals surface area contributed by atoms with Crippen molar-refractivity contribution < 1.29 is 4.79 Å². The zero-order chi connectivity index (χ0) is 13.0. The molecule has 0 spiro atoms. The largest absolute Gasteiger partial charge is 0.308 e. The predicted molar refractivity (Wildman–Crippen MR) is 71.9 cm³/mol. The lowest BCUT2D eigenvalue weighted by molar-refractivity contribution is 0.102. The van der Waals surface area contributed by atoms with E-state index in [1.807, 2.05) is 0 Å². The number of nitrogens with two attached hydrogens (primary N) is 1. The predicted octanol–water partition coefficient (Wildman–Crippen LogP) is 1.78. The molecule has 0 aliphatic rings. The Morgan fingerprint density at radius 3 is 2.72 bits per heavy atom. The average Bonchev–Trinajstić information content (AvgIpc) is 2.41. The fraction of sp³-hybridized carbons (Fsp3) is 0. The van der Waals surface area contributed by atoms with Gasteiger partial charge in [0.25, 0.3) is 5.91 Å². The minimum atomic E-state index is -0.287. The Kier molecular flexibility index (Phi) is 3.85. The summed E-state index contributed by atoms with van der Waals surface area (Å²) in [5.41, 5.74) is 2.81. The van der Waals surface area contributed by atoms with Gasteiger partial charge >= 0.3 is 0 Å². The number of hydrogen-bond acceptors (Lipinski definition) is 5. The Labute approximate surface area is 112 Å². The van der Waals surface area contributed by atoms with Crippen molar-refractivity contribution in [2.45, 2.75) is 0 Å². The van der Waals surface area contributed by atoms with Crippen molar-refractivity contribution in [3.05, 3.63) is 46.7 Å². The number of pyridine rings is 2. The molecule has 18 heavy (non-hydrogen) atoms. The second kappa shape index (κ2) is 5.56. The monoisotopic (exact) mass is 307 g/mol. The molecule has 0 aliphatic heterocycles. The normalized spacial score (nSPS) is 9.89. The first-order valence-electron chi connectivity index (χ1n) is 5.05. The summed E-state index contributed by atoms with van der Waals surface area (Å²) in [5, 5.41) is 2.68. The third-order valence-electron chi connectivity index (χ3n) is 2.16. The summed E-state index contributed by atoms with van der Waals surface area (Å²) >= 11 is 3.30. The second-order valence-corrected chi connectivity index (χ2v) is 4.22. The van der Waals surface area contributed by atoms with E-state index in [4.69, 9.17) is 5.84 Å². The molecule has 0 radical (unpaired) electrons. The topological polar surface area (TPSA) is 92.9 Å². The number of anilines is 2. The van der Waals surface area contributed by atoms with E-state index in [9.17, 15) is 4.79 Å². The Morgan fingerprint density at radius 1 is 1.28 bits per heavy atom. The lowest BCUT2D eigenvalue weighted by Gasteiger charge is -2.06. The zero-order valence-corrected chi connectivity index (χ0v) is 10.8. The first kappa shape index (κ1) is 12.5. The van der Waals surface area contributed by atoms with Crippen LogP contribution in [-0.2, 0) is 0 Å². The van der Waals surface area contributed by atoms with E-state index in [2.05, 4.69) is 36.6 Å². The lowest BCUT2D eigenvalue weighted by atomic mass is 10.2. The zero-order valence-electron chi connectivity index (χ0n) is 9.22. The molecular weight excluding hydrogens is 298 g/mol. The van der Waals surface area contributed by atoms with Crippen molar-refractivity contribution >= 4 is 33.5 Å². The number of aromatic nitrogens is 2. The molecule has 2 heterocycles. The van der Waals surface area contributed by atoms with Gasteiger partial charge in [-0.05, 0) is 40.2 Å². The number of nitrogens with one attached hydrogen (secondary N) is 2. The Bertz CT molecular complexity index is 558. The highest BCUT2D eigenvalue weighted by atomic mass is 79.9. The molecule has 92 valence electrons. The fourth-order valence-corrected chi connectivity index (χ4v) is 1.63. The number of carbonyl (C=O) groups is 1. The molecular formula is C11H10BrN5O. The van der Waals surface area contributed by atoms with Crippen LogP contribution in [0.15, 0.2) is 41.1 Å². The van der Waals surface area contributed by atoms with Gasteiger partial charge in [-0.3, -0.25) is 4.79 Å². The number of nitrogens with zero attached hydrogens (tertiary/aromatic N) is 2. The molecule has 2 aromatic heterocycles. The van der Waals surface area contributed by atoms with E-state index in [1.54, 1.807) is 30.5 Å². The number of carbonyl (C=O) groups excluding carboxylic acids is 1. The Hall–Kier alpha value is -1.99. The van der Waals surface area contributed by atoms with Gasteiger partial charge in [0.1, 0.15) is 11.6 Å². The van der Waals surface area contributed by atoms with Gasteiger partial charge in [0.2, 0.25) is 0 Å². The van der Waals surface area contributed by atoms with E-state index >= 15 is 0 Å². The molecule has 0 saturated carbocycles. The smallest absolute Gasteiger partial charge is 0.258 e. The van der Waals surface area contributed by atoms with Crippen LogP contribution >= 0.6 is 15.9 Å². The average molecular weight is 308 g/mol. The van der Waals surface area contributed by atoms with Crippen LogP contribution in [0.25, 0.3) is 0 Å². The summed E-state index contributed by atoms with van der Waals surface area (Å²) in [6, 6.07) is 6.79. The number of nitrogen functional groups attached to an aromatic ring is 1. The van der Waals surface area contributed by atoms with Crippen LogP contribution in [-0.4, -0.2) is 15.9 Å². The minimum Gasteiger partial charge on any atom is -0.308 e. The number of amides is 1. The van der Waals surface area contributed by atoms with Crippen LogP contribution in [0, 0.1) is 0 Å². The maximum Gasteiger partial charge on any atom is 0.258 e. The van der Waals surface area contributed by atoms with Crippen LogP contribution in [0.2, 0.25) is 0 Å². The fourth-order valence-electron chi connectivity index (χ4n) is 1.27. The van der Waals surface area contributed by atoms with Crippen LogP contribution in [0.1, 0.15) is 10.4 Å². The van der Waals surface area contributed by atoms with Gasteiger partial charge in [0.15, 0.2) is 0 Å². The molecule has 6 nitrogen and oxygen atoms in total. The quantitative estimate of drug-likeness (QED) is 0.593. The van der Waals surface area contributed by atoms with Crippen LogP contribution in [0.5, 0.6) is 0 Å². The van der Waals surface area contributed by atoms with Crippen LogP contribution in [0.4, 0.5) is 11.6 Å². The Morgan fingerprint density at radius 2 is 2.11 bits per heavy atom. The number of hydrogen-bond donors (Lipinski definition) is 3. The van der Waals surface area contributed by atoms with Crippen molar-refractivity contribution in [1.82, 2.24) is 9.97 Å². The summed E-state index contributed by atoms with van der Waals surface area (Å²) < 4.78 is 0.714. The van der Waals surface area contributed by atoms with Crippen molar-refractivity contribution in [3.8, 4) is 0 Å². The first-order valence-corrected chi connectivity index (χ1v) is 5.84. The van der Waals surface area contributed by atoms with Crippen molar-refractivity contribution in [2.75, 3.05) is 10.7 Å². The summed E-state index contributed by atoms with van der Waals surface area (Å²) in [4.78, 5) is 19.9. The molecule has 0 aromatic carbocycles. The van der Waals surface area contributed by atoms with E-state index in [1.165, 1.54) is 6.20 Å². The second-order valence-electron chi connectivity index (χ2n) is 3.36. The van der Waals surface area contributed by atoms with Gasteiger partial charge in [0, 0.05) is 12.4 Å². The molecule has 0 atom stereocenters. The van der Waals surface area contributed by atoms with Gasteiger partial charge in [-0.15, -0.1) is 0 Å². The molecule has 0 saturated heterocycles. The molecule has 1 amide bonds. The highest BCUT2D eigenvalue weighted by Gasteiger charge is 2.09. The van der Waals surface area contributed by atoms with E-state index in [0.29, 0.717) is 21.7 Å². The maximum atomic E-state index is 11.9. The highest BCUT2D eigenvalue weighted by molar-refractivity contribution is 9.10. The van der Waals surface area contributed by atoms with Gasteiger partial charge in [-0.2, -0.15) is 0 Å². The standard InChI is InChI=1S/C11H10BrN5O/c12-8-2-1-5-14-10(8)16-11(18)7-3-4-9(17-13)15-6-7/h1-6H,13H2,(H,15,17)(H,14,16,18). The molecule has 7 heteroatoms. The molecule has 2 rings (SSSR count). The highest BCUT2D eigenvalue weighted by Crippen LogP contribution is 2.19.